The number of aromatic nitrogens is 1. The van der Waals surface area contributed by atoms with Crippen molar-refractivity contribution in [2.45, 2.75) is 6.10 Å². The van der Waals surface area contributed by atoms with E-state index in [0.29, 0.717) is 17.0 Å². The van der Waals surface area contributed by atoms with Crippen LogP contribution in [0, 0.1) is 0 Å². The molecule has 1 aromatic carbocycles. The van der Waals surface area contributed by atoms with Gasteiger partial charge >= 0.3 is 0 Å². The molecule has 1 N–H and O–H groups in total. The maximum absolute atomic E-state index is 10.4. The zero-order valence-corrected chi connectivity index (χ0v) is 12.3. The summed E-state index contributed by atoms with van der Waals surface area (Å²) in [5, 5.41) is 11.4. The number of halogens is 1. The first-order chi connectivity index (χ1) is 9.69. The summed E-state index contributed by atoms with van der Waals surface area (Å²) in [5.41, 5.74) is 2.09. The number of benzene rings is 1. The first-order valence-electron chi connectivity index (χ1n) is 6.03. The summed E-state index contributed by atoms with van der Waals surface area (Å²) < 4.78 is 11.3. The van der Waals surface area contributed by atoms with E-state index in [1.807, 2.05) is 24.3 Å². The van der Waals surface area contributed by atoms with Gasteiger partial charge in [0.05, 0.1) is 25.2 Å². The Hall–Kier alpha value is -1.85. The summed E-state index contributed by atoms with van der Waals surface area (Å²) in [6, 6.07) is 9.36. The Morgan fingerprint density at radius 1 is 1.30 bits per heavy atom. The quantitative estimate of drug-likeness (QED) is 0.794. The summed E-state index contributed by atoms with van der Waals surface area (Å²) in [6.45, 7) is 0. The third-order valence-electron chi connectivity index (χ3n) is 3.12. The molecule has 20 heavy (non-hydrogen) atoms. The van der Waals surface area contributed by atoms with E-state index in [0.717, 1.165) is 15.4 Å². The zero-order valence-electron chi connectivity index (χ0n) is 10.7. The Labute approximate surface area is 124 Å². The molecule has 2 aromatic heterocycles. The molecule has 0 saturated heterocycles. The largest absolute Gasteiger partial charge is 0.481 e. The van der Waals surface area contributed by atoms with Crippen LogP contribution in [0.25, 0.3) is 10.9 Å². The molecule has 3 aromatic rings. The van der Waals surface area contributed by atoms with E-state index in [4.69, 9.17) is 9.15 Å². The number of methoxy groups -OCH3 is 1. The molecule has 0 aliphatic carbocycles. The number of hydrogen-bond acceptors (Lipinski definition) is 4. The number of rotatable bonds is 3. The Morgan fingerprint density at radius 2 is 2.15 bits per heavy atom. The topological polar surface area (TPSA) is 55.5 Å². The van der Waals surface area contributed by atoms with Crippen LogP contribution in [0.5, 0.6) is 5.88 Å². The fourth-order valence-electron chi connectivity index (χ4n) is 2.12. The summed E-state index contributed by atoms with van der Waals surface area (Å²) in [5.74, 6) is 0.411. The van der Waals surface area contributed by atoms with Crippen LogP contribution < -0.4 is 4.74 Å². The molecule has 0 spiro atoms. The lowest BCUT2D eigenvalue weighted by Crippen LogP contribution is -2.03. The second-order valence-corrected chi connectivity index (χ2v) is 5.30. The lowest BCUT2D eigenvalue weighted by atomic mass is 10.0. The van der Waals surface area contributed by atoms with E-state index >= 15 is 0 Å². The van der Waals surface area contributed by atoms with Crippen LogP contribution in [0.15, 0.2) is 51.7 Å². The number of pyridine rings is 1. The summed E-state index contributed by atoms with van der Waals surface area (Å²) >= 11 is 3.43. The number of fused-ring (bicyclic) bond motifs is 1. The van der Waals surface area contributed by atoms with Crippen molar-refractivity contribution in [3.8, 4) is 5.88 Å². The molecule has 0 saturated carbocycles. The SMILES string of the molecule is COc1nc2ccc(Br)cc2cc1C(O)c1ccoc1. The van der Waals surface area contributed by atoms with Gasteiger partial charge in [-0.2, -0.15) is 0 Å². The monoisotopic (exact) mass is 333 g/mol. The van der Waals surface area contributed by atoms with Crippen molar-refractivity contribution in [1.29, 1.82) is 0 Å². The van der Waals surface area contributed by atoms with Gasteiger partial charge in [0.1, 0.15) is 6.10 Å². The fourth-order valence-corrected chi connectivity index (χ4v) is 2.49. The second-order valence-electron chi connectivity index (χ2n) is 4.38. The molecule has 102 valence electrons. The third kappa shape index (κ3) is 2.30. The van der Waals surface area contributed by atoms with E-state index in [1.165, 1.54) is 12.5 Å². The van der Waals surface area contributed by atoms with Crippen molar-refractivity contribution in [2.75, 3.05) is 7.11 Å². The Morgan fingerprint density at radius 3 is 2.85 bits per heavy atom. The predicted molar refractivity (Wildman–Crippen MR) is 78.8 cm³/mol. The molecule has 5 heteroatoms. The Balaban J connectivity index is 2.17. The van der Waals surface area contributed by atoms with E-state index in [1.54, 1.807) is 13.2 Å². The minimum atomic E-state index is -0.834. The number of nitrogens with zero attached hydrogens (tertiary/aromatic N) is 1. The number of aliphatic hydroxyl groups excluding tert-OH is 1. The van der Waals surface area contributed by atoms with Crippen LogP contribution in [0.3, 0.4) is 0 Å². The van der Waals surface area contributed by atoms with Gasteiger partial charge in [-0.05, 0) is 30.3 Å². The van der Waals surface area contributed by atoms with Crippen molar-refractivity contribution in [1.82, 2.24) is 4.98 Å². The van der Waals surface area contributed by atoms with Crippen molar-refractivity contribution in [3.05, 3.63) is 58.5 Å². The molecular weight excluding hydrogens is 322 g/mol. The normalized spacial score (nSPS) is 12.6. The van der Waals surface area contributed by atoms with Crippen molar-refractivity contribution < 1.29 is 14.3 Å². The molecular formula is C15H12BrNO3. The van der Waals surface area contributed by atoms with Crippen molar-refractivity contribution in [3.63, 3.8) is 0 Å². The van der Waals surface area contributed by atoms with E-state index in [9.17, 15) is 5.11 Å². The lowest BCUT2D eigenvalue weighted by molar-refractivity contribution is 0.212. The number of hydrogen-bond donors (Lipinski definition) is 1. The average Bonchev–Trinajstić information content (AvgIpc) is 2.99. The highest BCUT2D eigenvalue weighted by atomic mass is 79.9. The van der Waals surface area contributed by atoms with Crippen LogP contribution in [-0.4, -0.2) is 17.2 Å². The molecule has 0 aliphatic heterocycles. The van der Waals surface area contributed by atoms with Gasteiger partial charge in [-0.15, -0.1) is 0 Å². The molecule has 0 aliphatic rings. The zero-order chi connectivity index (χ0) is 14.1. The smallest absolute Gasteiger partial charge is 0.219 e. The Bertz CT molecular complexity index is 740. The highest BCUT2D eigenvalue weighted by molar-refractivity contribution is 9.10. The molecule has 1 unspecified atom stereocenters. The van der Waals surface area contributed by atoms with Gasteiger partial charge in [0.2, 0.25) is 5.88 Å². The molecule has 2 heterocycles. The van der Waals surface area contributed by atoms with Crippen molar-refractivity contribution in [2.24, 2.45) is 0 Å². The van der Waals surface area contributed by atoms with Crippen LogP contribution in [-0.2, 0) is 0 Å². The maximum atomic E-state index is 10.4. The Kier molecular flexibility index (Phi) is 3.46. The first-order valence-corrected chi connectivity index (χ1v) is 6.82. The van der Waals surface area contributed by atoms with Gasteiger partial charge < -0.3 is 14.3 Å². The van der Waals surface area contributed by atoms with Gasteiger partial charge in [-0.3, -0.25) is 0 Å². The number of furan rings is 1. The van der Waals surface area contributed by atoms with Gasteiger partial charge in [-0.25, -0.2) is 4.98 Å². The van der Waals surface area contributed by atoms with Gasteiger partial charge in [0, 0.05) is 21.0 Å². The maximum Gasteiger partial charge on any atom is 0.219 e. The molecule has 0 amide bonds. The average molecular weight is 334 g/mol. The predicted octanol–water partition coefficient (Wildman–Crippen LogP) is 3.68. The van der Waals surface area contributed by atoms with Crippen LogP contribution in [0.1, 0.15) is 17.2 Å². The molecule has 0 fully saturated rings. The standard InChI is InChI=1S/C15H12BrNO3/c1-19-15-12(14(18)9-4-5-20-8-9)7-10-6-11(16)2-3-13(10)17-15/h2-8,14,18H,1H3. The summed E-state index contributed by atoms with van der Waals surface area (Å²) in [6.07, 6.45) is 2.20. The van der Waals surface area contributed by atoms with E-state index in [-0.39, 0.29) is 0 Å². The minimum Gasteiger partial charge on any atom is -0.481 e. The molecule has 0 radical (unpaired) electrons. The summed E-state index contributed by atoms with van der Waals surface area (Å²) in [4.78, 5) is 4.43. The van der Waals surface area contributed by atoms with Gasteiger partial charge in [0.15, 0.2) is 0 Å². The molecule has 1 atom stereocenters. The number of ether oxygens (including phenoxy) is 1. The van der Waals surface area contributed by atoms with Crippen LogP contribution in [0.2, 0.25) is 0 Å². The third-order valence-corrected chi connectivity index (χ3v) is 3.61. The number of aliphatic hydroxyl groups is 1. The highest BCUT2D eigenvalue weighted by Gasteiger charge is 2.18. The van der Waals surface area contributed by atoms with Crippen LogP contribution >= 0.6 is 15.9 Å². The van der Waals surface area contributed by atoms with Gasteiger partial charge in [-0.1, -0.05) is 15.9 Å². The van der Waals surface area contributed by atoms with Crippen LogP contribution in [0.4, 0.5) is 0 Å². The first kappa shape index (κ1) is 13.1. The highest BCUT2D eigenvalue weighted by Crippen LogP contribution is 2.32. The molecule has 4 nitrogen and oxygen atoms in total. The minimum absolute atomic E-state index is 0.411. The molecule has 3 rings (SSSR count). The summed E-state index contributed by atoms with van der Waals surface area (Å²) in [7, 11) is 1.54. The lowest BCUT2D eigenvalue weighted by Gasteiger charge is -2.14. The van der Waals surface area contributed by atoms with E-state index < -0.39 is 6.10 Å². The van der Waals surface area contributed by atoms with Gasteiger partial charge in [0.25, 0.3) is 0 Å². The molecule has 0 bridgehead atoms. The second kappa shape index (κ2) is 5.26. The van der Waals surface area contributed by atoms with E-state index in [2.05, 4.69) is 20.9 Å². The fraction of sp³-hybridized carbons (Fsp3) is 0.133. The van der Waals surface area contributed by atoms with Crippen molar-refractivity contribution >= 4 is 26.8 Å².